The minimum atomic E-state index is -0.334. The normalized spacial score (nSPS) is 15.6. The fourth-order valence-corrected chi connectivity index (χ4v) is 5.39. The molecule has 7 nitrogen and oxygen atoms in total. The van der Waals surface area contributed by atoms with E-state index >= 15 is 0 Å². The number of benzene rings is 1. The standard InChI is InChI=1S/C23H26N4O3S/c1-13-2-8-16-17(12-13)31-23-21(16)22(30)26-19(27-23)10-11-20(29)25-15-6-3-14(4-7-15)5-9-18(24)28/h3-4,6-7,13H,2,5,8-12H2,1H3,(H2,24,28)(H,25,29)(H,26,27,30). The number of primary amides is 1. The number of carbonyl (C=O) groups excluding carboxylic acids is 2. The number of hydrogen-bond acceptors (Lipinski definition) is 5. The van der Waals surface area contributed by atoms with Crippen molar-refractivity contribution >= 4 is 39.1 Å². The number of H-pyrrole nitrogens is 1. The second-order valence-electron chi connectivity index (χ2n) is 8.26. The molecule has 0 fully saturated rings. The third-order valence-electron chi connectivity index (χ3n) is 5.70. The highest BCUT2D eigenvalue weighted by atomic mass is 32.1. The summed E-state index contributed by atoms with van der Waals surface area (Å²) in [5.41, 5.74) is 7.90. The maximum Gasteiger partial charge on any atom is 0.259 e. The predicted octanol–water partition coefficient (Wildman–Crippen LogP) is 3.10. The fraction of sp³-hybridized carbons (Fsp3) is 0.391. The van der Waals surface area contributed by atoms with Crippen molar-refractivity contribution in [3.8, 4) is 0 Å². The lowest BCUT2D eigenvalue weighted by atomic mass is 9.89. The molecule has 31 heavy (non-hydrogen) atoms. The summed E-state index contributed by atoms with van der Waals surface area (Å²) in [7, 11) is 0. The van der Waals surface area contributed by atoms with Crippen molar-refractivity contribution in [2.24, 2.45) is 11.7 Å². The number of anilines is 1. The van der Waals surface area contributed by atoms with Crippen LogP contribution in [0.1, 0.15) is 48.0 Å². The van der Waals surface area contributed by atoms with E-state index in [4.69, 9.17) is 5.73 Å². The Morgan fingerprint density at radius 1 is 1.23 bits per heavy atom. The molecule has 0 saturated carbocycles. The van der Waals surface area contributed by atoms with Gasteiger partial charge in [-0.3, -0.25) is 14.4 Å². The molecule has 0 saturated heterocycles. The maximum absolute atomic E-state index is 12.7. The van der Waals surface area contributed by atoms with E-state index in [0.717, 1.165) is 40.6 Å². The van der Waals surface area contributed by atoms with Gasteiger partial charge in [0.2, 0.25) is 11.8 Å². The van der Waals surface area contributed by atoms with Crippen molar-refractivity contribution in [3.05, 3.63) is 56.4 Å². The summed E-state index contributed by atoms with van der Waals surface area (Å²) in [6, 6.07) is 7.34. The molecule has 1 unspecified atom stereocenters. The highest BCUT2D eigenvalue weighted by Gasteiger charge is 2.23. The Balaban J connectivity index is 1.38. The molecule has 1 atom stereocenters. The van der Waals surface area contributed by atoms with E-state index in [1.807, 2.05) is 12.1 Å². The largest absolute Gasteiger partial charge is 0.370 e. The van der Waals surface area contributed by atoms with Gasteiger partial charge in [0.1, 0.15) is 10.7 Å². The minimum Gasteiger partial charge on any atom is -0.370 e. The molecular weight excluding hydrogens is 412 g/mol. The summed E-state index contributed by atoms with van der Waals surface area (Å²) in [5.74, 6) is 0.701. The third kappa shape index (κ3) is 5.02. The molecular formula is C23H26N4O3S. The van der Waals surface area contributed by atoms with Gasteiger partial charge in [-0.15, -0.1) is 11.3 Å². The van der Waals surface area contributed by atoms with Crippen LogP contribution in [0.25, 0.3) is 10.2 Å². The molecule has 0 spiro atoms. The van der Waals surface area contributed by atoms with Crippen molar-refractivity contribution in [1.29, 1.82) is 0 Å². The lowest BCUT2D eigenvalue weighted by molar-refractivity contribution is -0.118. The minimum absolute atomic E-state index is 0.0981. The predicted molar refractivity (Wildman–Crippen MR) is 122 cm³/mol. The van der Waals surface area contributed by atoms with Crippen LogP contribution in [-0.4, -0.2) is 21.8 Å². The van der Waals surface area contributed by atoms with Gasteiger partial charge in [-0.2, -0.15) is 0 Å². The van der Waals surface area contributed by atoms with Gasteiger partial charge < -0.3 is 16.0 Å². The summed E-state index contributed by atoms with van der Waals surface area (Å²) in [4.78, 5) is 45.4. The zero-order chi connectivity index (χ0) is 22.0. The van der Waals surface area contributed by atoms with Gasteiger partial charge in [0.25, 0.3) is 5.56 Å². The molecule has 1 aromatic carbocycles. The monoisotopic (exact) mass is 438 g/mol. The summed E-state index contributed by atoms with van der Waals surface area (Å²) >= 11 is 1.62. The Morgan fingerprint density at radius 2 is 2.00 bits per heavy atom. The number of aromatic nitrogens is 2. The van der Waals surface area contributed by atoms with Crippen LogP contribution in [0.3, 0.4) is 0 Å². The fourth-order valence-electron chi connectivity index (χ4n) is 3.99. The molecule has 1 aliphatic rings. The van der Waals surface area contributed by atoms with Crippen LogP contribution in [-0.2, 0) is 35.3 Å². The number of nitrogens with two attached hydrogens (primary N) is 1. The number of amides is 2. The summed E-state index contributed by atoms with van der Waals surface area (Å²) in [6.07, 6.45) is 4.52. The first-order valence-electron chi connectivity index (χ1n) is 10.6. The van der Waals surface area contributed by atoms with Gasteiger partial charge in [-0.25, -0.2) is 4.98 Å². The second-order valence-corrected chi connectivity index (χ2v) is 9.34. The maximum atomic E-state index is 12.7. The van der Waals surface area contributed by atoms with Gasteiger partial charge in [0, 0.05) is 29.8 Å². The van der Waals surface area contributed by atoms with Gasteiger partial charge in [-0.05, 0) is 54.9 Å². The van der Waals surface area contributed by atoms with Gasteiger partial charge in [0.15, 0.2) is 0 Å². The van der Waals surface area contributed by atoms with Crippen molar-refractivity contribution in [2.75, 3.05) is 5.32 Å². The molecule has 2 aromatic heterocycles. The first-order valence-corrected chi connectivity index (χ1v) is 11.4. The van der Waals surface area contributed by atoms with Crippen LogP contribution >= 0.6 is 11.3 Å². The van der Waals surface area contributed by atoms with Crippen molar-refractivity contribution in [1.82, 2.24) is 9.97 Å². The third-order valence-corrected chi connectivity index (χ3v) is 6.85. The van der Waals surface area contributed by atoms with Gasteiger partial charge in [0.05, 0.1) is 5.39 Å². The molecule has 162 valence electrons. The van der Waals surface area contributed by atoms with E-state index in [-0.39, 0.29) is 23.8 Å². The molecule has 0 aliphatic heterocycles. The summed E-state index contributed by atoms with van der Waals surface area (Å²) < 4.78 is 0. The number of nitrogens with zero attached hydrogens (tertiary/aromatic N) is 1. The average Bonchev–Trinajstić information content (AvgIpc) is 3.09. The van der Waals surface area contributed by atoms with Crippen LogP contribution < -0.4 is 16.6 Å². The topological polar surface area (TPSA) is 118 Å². The van der Waals surface area contributed by atoms with Crippen LogP contribution in [0.2, 0.25) is 0 Å². The average molecular weight is 439 g/mol. The van der Waals surface area contributed by atoms with E-state index in [0.29, 0.717) is 36.7 Å². The number of hydrogen-bond donors (Lipinski definition) is 3. The Kier molecular flexibility index (Phi) is 6.18. The zero-order valence-corrected chi connectivity index (χ0v) is 18.3. The van der Waals surface area contributed by atoms with E-state index in [1.54, 1.807) is 23.5 Å². The highest BCUT2D eigenvalue weighted by Crippen LogP contribution is 2.35. The first-order chi connectivity index (χ1) is 14.9. The summed E-state index contributed by atoms with van der Waals surface area (Å²) in [6.45, 7) is 2.24. The molecule has 0 radical (unpaired) electrons. The van der Waals surface area contributed by atoms with Crippen LogP contribution in [0.4, 0.5) is 5.69 Å². The summed E-state index contributed by atoms with van der Waals surface area (Å²) in [5, 5.41) is 3.59. The second kappa shape index (κ2) is 9.01. The lowest BCUT2D eigenvalue weighted by Gasteiger charge is -2.17. The molecule has 0 bridgehead atoms. The number of aryl methyl sites for hydroxylation is 3. The molecule has 4 N–H and O–H groups in total. The molecule has 1 aliphatic carbocycles. The Labute approximate surface area is 184 Å². The smallest absolute Gasteiger partial charge is 0.259 e. The van der Waals surface area contributed by atoms with E-state index in [1.165, 1.54) is 4.88 Å². The number of carbonyl (C=O) groups is 2. The van der Waals surface area contributed by atoms with Crippen LogP contribution in [0, 0.1) is 5.92 Å². The van der Waals surface area contributed by atoms with Crippen LogP contribution in [0.5, 0.6) is 0 Å². The van der Waals surface area contributed by atoms with E-state index in [2.05, 4.69) is 22.2 Å². The SMILES string of the molecule is CC1CCc2c(sc3nc(CCC(=O)Nc4ccc(CCC(N)=O)cc4)[nH]c(=O)c23)C1. The van der Waals surface area contributed by atoms with Crippen LogP contribution in [0.15, 0.2) is 29.1 Å². The quantitative estimate of drug-likeness (QED) is 0.525. The van der Waals surface area contributed by atoms with Gasteiger partial charge in [-0.1, -0.05) is 19.1 Å². The molecule has 2 amide bonds. The number of fused-ring (bicyclic) bond motifs is 3. The highest BCUT2D eigenvalue weighted by molar-refractivity contribution is 7.18. The molecule has 3 aromatic rings. The lowest BCUT2D eigenvalue weighted by Crippen LogP contribution is -2.17. The van der Waals surface area contributed by atoms with Gasteiger partial charge >= 0.3 is 0 Å². The van der Waals surface area contributed by atoms with Crippen molar-refractivity contribution < 1.29 is 9.59 Å². The Bertz CT molecular complexity index is 1180. The number of thiophene rings is 1. The van der Waals surface area contributed by atoms with Crippen molar-refractivity contribution in [3.63, 3.8) is 0 Å². The Morgan fingerprint density at radius 3 is 2.74 bits per heavy atom. The molecule has 8 heteroatoms. The number of aromatic amines is 1. The van der Waals surface area contributed by atoms with E-state index < -0.39 is 0 Å². The zero-order valence-electron chi connectivity index (χ0n) is 17.5. The number of rotatable bonds is 7. The first kappa shape index (κ1) is 21.2. The number of nitrogens with one attached hydrogen (secondary N) is 2. The molecule has 2 heterocycles. The molecule has 4 rings (SSSR count). The van der Waals surface area contributed by atoms with E-state index in [9.17, 15) is 14.4 Å². The Hall–Kier alpha value is -3.00. The van der Waals surface area contributed by atoms with Crippen molar-refractivity contribution in [2.45, 2.75) is 51.9 Å².